The largest absolute Gasteiger partial charge is 0.507 e. The molecule has 2 rings (SSSR count). The number of nitro benzene ring substituents is 1. The minimum Gasteiger partial charge on any atom is -0.507 e. The van der Waals surface area contributed by atoms with E-state index < -0.39 is 10.3 Å². The van der Waals surface area contributed by atoms with Gasteiger partial charge in [-0.3, -0.25) is 10.1 Å². The van der Waals surface area contributed by atoms with Gasteiger partial charge in [0.25, 0.3) is 5.69 Å². The maximum atomic E-state index is 11.1. The number of hydrogen-bond donors (Lipinski definition) is 1. The lowest BCUT2D eigenvalue weighted by Gasteiger charge is -2.26. The second-order valence-electron chi connectivity index (χ2n) is 4.92. The first-order valence-electron chi connectivity index (χ1n) is 5.97. The lowest BCUT2D eigenvalue weighted by atomic mass is 9.77. The van der Waals surface area contributed by atoms with E-state index in [2.05, 4.69) is 0 Å². The van der Waals surface area contributed by atoms with Crippen LogP contribution in [-0.2, 0) is 5.41 Å². The highest BCUT2D eigenvalue weighted by molar-refractivity contribution is 5.56. The smallest absolute Gasteiger partial charge is 0.277 e. The van der Waals surface area contributed by atoms with Crippen molar-refractivity contribution < 1.29 is 10.0 Å². The van der Waals surface area contributed by atoms with Gasteiger partial charge in [-0.25, -0.2) is 0 Å². The molecule has 98 valence electrons. The molecule has 0 aliphatic rings. The molecule has 4 heteroatoms. The number of phenolic OH excluding ortho intramolecular Hbond substituents is 1. The van der Waals surface area contributed by atoms with Gasteiger partial charge in [0.15, 0.2) is 0 Å². The number of nitrogens with zero attached hydrogens (tertiary/aromatic N) is 1. The van der Waals surface area contributed by atoms with Gasteiger partial charge in [0.05, 0.1) is 10.5 Å². The quantitative estimate of drug-likeness (QED) is 0.674. The molecule has 0 bridgehead atoms. The maximum absolute atomic E-state index is 11.1. The predicted molar refractivity (Wildman–Crippen MR) is 73.3 cm³/mol. The fourth-order valence-electron chi connectivity index (χ4n) is 2.32. The van der Waals surface area contributed by atoms with Crippen LogP contribution in [0.3, 0.4) is 0 Å². The molecule has 0 unspecified atom stereocenters. The van der Waals surface area contributed by atoms with Crippen molar-refractivity contribution in [3.05, 3.63) is 69.8 Å². The summed E-state index contributed by atoms with van der Waals surface area (Å²) in [5, 5.41) is 21.2. The molecule has 19 heavy (non-hydrogen) atoms. The Morgan fingerprint density at radius 2 is 1.68 bits per heavy atom. The van der Waals surface area contributed by atoms with E-state index in [1.54, 1.807) is 0 Å². The van der Waals surface area contributed by atoms with Crippen molar-refractivity contribution in [1.82, 2.24) is 0 Å². The molecule has 0 spiro atoms. The zero-order chi connectivity index (χ0) is 14.0. The molecule has 0 aromatic heterocycles. The maximum Gasteiger partial charge on any atom is 0.277 e. The average molecular weight is 257 g/mol. The topological polar surface area (TPSA) is 63.4 Å². The first kappa shape index (κ1) is 13.1. The summed E-state index contributed by atoms with van der Waals surface area (Å²) in [5.74, 6) is -0.0527. The molecule has 0 heterocycles. The van der Waals surface area contributed by atoms with Gasteiger partial charge in [0.1, 0.15) is 5.75 Å². The molecule has 0 fully saturated rings. The lowest BCUT2D eigenvalue weighted by molar-refractivity contribution is -0.386. The van der Waals surface area contributed by atoms with Gasteiger partial charge in [-0.2, -0.15) is 0 Å². The van der Waals surface area contributed by atoms with E-state index in [9.17, 15) is 15.2 Å². The molecule has 1 N–H and O–H groups in total. The Morgan fingerprint density at radius 3 is 2.26 bits per heavy atom. The Morgan fingerprint density at radius 1 is 1.05 bits per heavy atom. The third-order valence-corrected chi connectivity index (χ3v) is 3.34. The molecular weight excluding hydrogens is 242 g/mol. The number of phenols is 1. The van der Waals surface area contributed by atoms with Gasteiger partial charge in [-0.15, -0.1) is 0 Å². The van der Waals surface area contributed by atoms with E-state index in [-0.39, 0.29) is 11.4 Å². The van der Waals surface area contributed by atoms with Crippen LogP contribution >= 0.6 is 0 Å². The van der Waals surface area contributed by atoms with Gasteiger partial charge in [-0.1, -0.05) is 50.2 Å². The number of hydrogen-bond acceptors (Lipinski definition) is 3. The Hall–Kier alpha value is -2.36. The average Bonchev–Trinajstić information content (AvgIpc) is 2.39. The minimum atomic E-state index is -0.644. The molecular formula is C15H15NO3. The molecule has 0 saturated carbocycles. The fourth-order valence-corrected chi connectivity index (χ4v) is 2.32. The summed E-state index contributed by atoms with van der Waals surface area (Å²) in [6, 6.07) is 13.8. The highest BCUT2D eigenvalue weighted by atomic mass is 16.6. The highest BCUT2D eigenvalue weighted by Gasteiger charge is 2.33. The van der Waals surface area contributed by atoms with Crippen LogP contribution in [0.2, 0.25) is 0 Å². The standard InChI is InChI=1S/C15H15NO3/c1-15(2,11-7-4-3-5-8-11)14-12(16(18)19)9-6-10-13(14)17/h3-10,17H,1-2H3. The van der Waals surface area contributed by atoms with Gasteiger partial charge in [0, 0.05) is 11.5 Å². The second-order valence-corrected chi connectivity index (χ2v) is 4.92. The molecule has 0 radical (unpaired) electrons. The number of nitro groups is 1. The predicted octanol–water partition coefficient (Wildman–Crippen LogP) is 3.63. The summed E-state index contributed by atoms with van der Waals surface area (Å²) in [7, 11) is 0. The van der Waals surface area contributed by atoms with Crippen LogP contribution < -0.4 is 0 Å². The summed E-state index contributed by atoms with van der Waals surface area (Å²) < 4.78 is 0. The Labute approximate surface area is 111 Å². The Bertz CT molecular complexity index is 606. The first-order valence-corrected chi connectivity index (χ1v) is 5.97. The molecule has 0 amide bonds. The zero-order valence-electron chi connectivity index (χ0n) is 10.8. The number of aromatic hydroxyl groups is 1. The van der Waals surface area contributed by atoms with Crippen LogP contribution in [0, 0.1) is 10.1 Å². The van der Waals surface area contributed by atoms with Crippen molar-refractivity contribution in [2.75, 3.05) is 0 Å². The Kier molecular flexibility index (Phi) is 3.25. The third kappa shape index (κ3) is 2.29. The summed E-state index contributed by atoms with van der Waals surface area (Å²) in [4.78, 5) is 10.7. The minimum absolute atomic E-state index is 0.0527. The van der Waals surface area contributed by atoms with Crippen LogP contribution in [0.1, 0.15) is 25.0 Å². The van der Waals surface area contributed by atoms with E-state index in [1.165, 1.54) is 18.2 Å². The van der Waals surface area contributed by atoms with E-state index in [1.807, 2.05) is 44.2 Å². The van der Waals surface area contributed by atoms with Crippen molar-refractivity contribution in [2.45, 2.75) is 19.3 Å². The summed E-state index contributed by atoms with van der Waals surface area (Å²) >= 11 is 0. The van der Waals surface area contributed by atoms with E-state index >= 15 is 0 Å². The number of benzene rings is 2. The molecule has 0 saturated heterocycles. The molecule has 0 atom stereocenters. The van der Waals surface area contributed by atoms with Crippen molar-refractivity contribution in [3.63, 3.8) is 0 Å². The van der Waals surface area contributed by atoms with Crippen LogP contribution in [0.15, 0.2) is 48.5 Å². The normalized spacial score (nSPS) is 11.3. The summed E-state index contributed by atoms with van der Waals surface area (Å²) in [6.07, 6.45) is 0. The second kappa shape index (κ2) is 4.72. The summed E-state index contributed by atoms with van der Waals surface area (Å²) in [5.41, 5.74) is 0.550. The zero-order valence-corrected chi connectivity index (χ0v) is 10.8. The molecule has 2 aromatic carbocycles. The van der Waals surface area contributed by atoms with Gasteiger partial charge in [-0.05, 0) is 11.6 Å². The lowest BCUT2D eigenvalue weighted by Crippen LogP contribution is -2.20. The van der Waals surface area contributed by atoms with Gasteiger partial charge in [0.2, 0.25) is 0 Å². The van der Waals surface area contributed by atoms with Gasteiger partial charge >= 0.3 is 0 Å². The molecule has 0 aliphatic heterocycles. The van der Waals surface area contributed by atoms with Crippen molar-refractivity contribution in [1.29, 1.82) is 0 Å². The van der Waals surface area contributed by atoms with E-state index in [4.69, 9.17) is 0 Å². The van der Waals surface area contributed by atoms with Crippen molar-refractivity contribution in [3.8, 4) is 5.75 Å². The van der Waals surface area contributed by atoms with Crippen LogP contribution in [0.25, 0.3) is 0 Å². The highest BCUT2D eigenvalue weighted by Crippen LogP contribution is 2.41. The molecule has 2 aromatic rings. The van der Waals surface area contributed by atoms with E-state index in [0.29, 0.717) is 5.56 Å². The summed E-state index contributed by atoms with van der Waals surface area (Å²) in [6.45, 7) is 3.73. The number of rotatable bonds is 3. The van der Waals surface area contributed by atoms with Crippen LogP contribution in [0.5, 0.6) is 5.75 Å². The monoisotopic (exact) mass is 257 g/mol. The third-order valence-electron chi connectivity index (χ3n) is 3.34. The fraction of sp³-hybridized carbons (Fsp3) is 0.200. The van der Waals surface area contributed by atoms with Crippen molar-refractivity contribution in [2.24, 2.45) is 0 Å². The van der Waals surface area contributed by atoms with Crippen LogP contribution in [0.4, 0.5) is 5.69 Å². The van der Waals surface area contributed by atoms with Crippen LogP contribution in [-0.4, -0.2) is 10.0 Å². The molecule has 0 aliphatic carbocycles. The SMILES string of the molecule is CC(C)(c1ccccc1)c1c(O)cccc1[N+](=O)[O-]. The molecule has 4 nitrogen and oxygen atoms in total. The van der Waals surface area contributed by atoms with E-state index in [0.717, 1.165) is 5.56 Å². The Balaban J connectivity index is 2.67. The van der Waals surface area contributed by atoms with Crippen molar-refractivity contribution >= 4 is 5.69 Å². The van der Waals surface area contributed by atoms with Gasteiger partial charge < -0.3 is 5.11 Å². The first-order chi connectivity index (χ1) is 8.94.